The Morgan fingerprint density at radius 3 is 2.62 bits per heavy atom. The van der Waals surface area contributed by atoms with Crippen molar-refractivity contribution in [2.45, 2.75) is 33.4 Å². The first-order valence-corrected chi connectivity index (χ1v) is 7.00. The molecule has 114 valence electrons. The third-order valence-corrected chi connectivity index (χ3v) is 3.26. The van der Waals surface area contributed by atoms with Gasteiger partial charge in [-0.1, -0.05) is 0 Å². The van der Waals surface area contributed by atoms with Crippen LogP contribution < -0.4 is 0 Å². The van der Waals surface area contributed by atoms with Crippen LogP contribution in [0.15, 0.2) is 12.1 Å². The topological polar surface area (TPSA) is 65.6 Å². The number of aryl methyl sites for hydroxylation is 1. The van der Waals surface area contributed by atoms with Crippen LogP contribution in [-0.2, 0) is 11.3 Å². The fourth-order valence-corrected chi connectivity index (χ4v) is 2.48. The van der Waals surface area contributed by atoms with E-state index < -0.39 is 0 Å². The molecule has 1 heterocycles. The molecule has 0 aliphatic heterocycles. The van der Waals surface area contributed by atoms with E-state index in [1.165, 1.54) is 0 Å². The van der Waals surface area contributed by atoms with Gasteiger partial charge >= 0.3 is 5.97 Å². The third-order valence-electron chi connectivity index (χ3n) is 3.26. The molecular formula is C16H22N2O3. The summed E-state index contributed by atoms with van der Waals surface area (Å²) in [5.74, 6) is -0.173. The summed E-state index contributed by atoms with van der Waals surface area (Å²) in [7, 11) is 3.84. The number of fused-ring (bicyclic) bond motifs is 1. The molecule has 0 unspecified atom stereocenters. The van der Waals surface area contributed by atoms with Gasteiger partial charge in [0.25, 0.3) is 0 Å². The number of hydrogen-bond donors (Lipinski definition) is 2. The zero-order valence-electron chi connectivity index (χ0n) is 13.2. The van der Waals surface area contributed by atoms with E-state index in [1.807, 2.05) is 39.8 Å². The molecule has 0 aliphatic carbocycles. The van der Waals surface area contributed by atoms with Crippen LogP contribution in [-0.4, -0.2) is 41.2 Å². The van der Waals surface area contributed by atoms with Crippen molar-refractivity contribution in [3.05, 3.63) is 29.0 Å². The largest absolute Gasteiger partial charge is 0.508 e. The van der Waals surface area contributed by atoms with Crippen molar-refractivity contribution in [1.82, 2.24) is 9.88 Å². The summed E-state index contributed by atoms with van der Waals surface area (Å²) in [4.78, 5) is 17.5. The van der Waals surface area contributed by atoms with Gasteiger partial charge in [-0.3, -0.25) is 0 Å². The smallest absolute Gasteiger partial charge is 0.340 e. The van der Waals surface area contributed by atoms with Crippen LogP contribution in [0.1, 0.15) is 35.5 Å². The quantitative estimate of drug-likeness (QED) is 0.850. The second-order valence-electron chi connectivity index (χ2n) is 5.80. The van der Waals surface area contributed by atoms with E-state index in [4.69, 9.17) is 4.74 Å². The summed E-state index contributed by atoms with van der Waals surface area (Å²) in [6, 6.07) is 3.43. The summed E-state index contributed by atoms with van der Waals surface area (Å²) in [6.45, 7) is 6.02. The molecule has 1 aromatic carbocycles. The van der Waals surface area contributed by atoms with E-state index in [0.29, 0.717) is 12.1 Å². The highest BCUT2D eigenvalue weighted by Crippen LogP contribution is 2.33. The molecule has 2 rings (SSSR count). The van der Waals surface area contributed by atoms with Crippen molar-refractivity contribution in [2.75, 3.05) is 14.1 Å². The summed E-state index contributed by atoms with van der Waals surface area (Å²) in [6.07, 6.45) is -0.184. The number of aromatic amines is 1. The van der Waals surface area contributed by atoms with Crippen LogP contribution in [0.3, 0.4) is 0 Å². The summed E-state index contributed by atoms with van der Waals surface area (Å²) >= 11 is 0. The minimum absolute atomic E-state index is 0.184. The van der Waals surface area contributed by atoms with Crippen LogP contribution >= 0.6 is 0 Å². The number of hydrogen-bond acceptors (Lipinski definition) is 4. The minimum atomic E-state index is -0.362. The van der Waals surface area contributed by atoms with E-state index >= 15 is 0 Å². The Balaban J connectivity index is 2.66. The maximum Gasteiger partial charge on any atom is 0.340 e. The molecule has 5 heteroatoms. The predicted octanol–water partition coefficient (Wildman–Crippen LogP) is 2.81. The molecule has 0 radical (unpaired) electrons. The average molecular weight is 290 g/mol. The second kappa shape index (κ2) is 5.77. The molecule has 0 aliphatic rings. The second-order valence-corrected chi connectivity index (χ2v) is 5.80. The zero-order valence-corrected chi connectivity index (χ0v) is 13.2. The molecule has 0 fully saturated rings. The van der Waals surface area contributed by atoms with Crippen molar-refractivity contribution in [2.24, 2.45) is 0 Å². The fraction of sp³-hybridized carbons (Fsp3) is 0.438. The van der Waals surface area contributed by atoms with Crippen molar-refractivity contribution < 1.29 is 14.6 Å². The number of aromatic hydroxyl groups is 1. The first-order chi connectivity index (χ1) is 9.81. The lowest BCUT2D eigenvalue weighted by Crippen LogP contribution is -2.14. The summed E-state index contributed by atoms with van der Waals surface area (Å²) in [5.41, 5.74) is 2.82. The molecule has 0 spiro atoms. The van der Waals surface area contributed by atoms with Crippen LogP contribution in [0.4, 0.5) is 0 Å². The summed E-state index contributed by atoms with van der Waals surface area (Å²) < 4.78 is 5.33. The van der Waals surface area contributed by atoms with Gasteiger partial charge in [-0.2, -0.15) is 0 Å². The predicted molar refractivity (Wildman–Crippen MR) is 82.6 cm³/mol. The first kappa shape index (κ1) is 15.4. The van der Waals surface area contributed by atoms with Crippen molar-refractivity contribution in [3.63, 3.8) is 0 Å². The number of carbonyl (C=O) groups is 1. The van der Waals surface area contributed by atoms with Crippen molar-refractivity contribution in [3.8, 4) is 5.75 Å². The van der Waals surface area contributed by atoms with Gasteiger partial charge in [0.2, 0.25) is 0 Å². The van der Waals surface area contributed by atoms with E-state index in [9.17, 15) is 9.90 Å². The molecule has 0 amide bonds. The number of nitrogens with one attached hydrogen (secondary N) is 1. The Labute approximate surface area is 124 Å². The number of ether oxygens (including phenoxy) is 1. The van der Waals surface area contributed by atoms with Gasteiger partial charge in [-0.15, -0.1) is 0 Å². The van der Waals surface area contributed by atoms with Gasteiger partial charge in [0, 0.05) is 28.7 Å². The van der Waals surface area contributed by atoms with Crippen LogP contribution in [0, 0.1) is 6.92 Å². The highest BCUT2D eigenvalue weighted by Gasteiger charge is 2.22. The normalized spacial score (nSPS) is 11.6. The molecule has 0 saturated carbocycles. The number of esters is 1. The molecule has 0 bridgehead atoms. The lowest BCUT2D eigenvalue weighted by molar-refractivity contribution is 0.0379. The number of rotatable bonds is 4. The van der Waals surface area contributed by atoms with Crippen LogP contribution in [0.2, 0.25) is 0 Å². The molecule has 21 heavy (non-hydrogen) atoms. The monoisotopic (exact) mass is 290 g/mol. The van der Waals surface area contributed by atoms with Crippen LogP contribution in [0.25, 0.3) is 10.9 Å². The highest BCUT2D eigenvalue weighted by atomic mass is 16.5. The van der Waals surface area contributed by atoms with Gasteiger partial charge in [0.05, 0.1) is 11.7 Å². The Morgan fingerprint density at radius 1 is 1.38 bits per heavy atom. The van der Waals surface area contributed by atoms with Crippen molar-refractivity contribution >= 4 is 16.9 Å². The molecular weight excluding hydrogens is 268 g/mol. The third kappa shape index (κ3) is 3.03. The van der Waals surface area contributed by atoms with Gasteiger partial charge < -0.3 is 19.7 Å². The number of phenolic OH excluding ortho intramolecular Hbond substituents is 1. The Kier molecular flexibility index (Phi) is 4.23. The maximum atomic E-state index is 12.4. The van der Waals surface area contributed by atoms with Crippen molar-refractivity contribution in [1.29, 1.82) is 0 Å². The number of benzene rings is 1. The lowest BCUT2D eigenvalue weighted by Gasteiger charge is -2.14. The highest BCUT2D eigenvalue weighted by molar-refractivity contribution is 6.07. The van der Waals surface area contributed by atoms with E-state index in [2.05, 4.69) is 4.98 Å². The number of carbonyl (C=O) groups excluding carboxylic acids is 1. The molecule has 5 nitrogen and oxygen atoms in total. The Hall–Kier alpha value is -2.01. The van der Waals surface area contributed by atoms with Gasteiger partial charge in [-0.05, 0) is 47.0 Å². The Bertz CT molecular complexity index is 672. The van der Waals surface area contributed by atoms with E-state index in [0.717, 1.165) is 22.2 Å². The minimum Gasteiger partial charge on any atom is -0.508 e. The standard InChI is InChI=1S/C16H22N2O3/c1-9(2)21-16(20)14-10(3)17-12-6-7-13(19)11(15(12)14)8-18(4)5/h6-7,9,17,19H,8H2,1-5H3. The molecule has 0 saturated heterocycles. The zero-order chi connectivity index (χ0) is 15.7. The first-order valence-electron chi connectivity index (χ1n) is 7.00. The fourth-order valence-electron chi connectivity index (χ4n) is 2.48. The summed E-state index contributed by atoms with van der Waals surface area (Å²) in [5, 5.41) is 10.9. The van der Waals surface area contributed by atoms with E-state index in [1.54, 1.807) is 12.1 Å². The SMILES string of the molecule is Cc1[nH]c2ccc(O)c(CN(C)C)c2c1C(=O)OC(C)C. The number of phenols is 1. The molecule has 0 atom stereocenters. The lowest BCUT2D eigenvalue weighted by atomic mass is 10.0. The van der Waals surface area contributed by atoms with Gasteiger partial charge in [0.1, 0.15) is 5.75 Å². The molecule has 1 aromatic heterocycles. The Morgan fingerprint density at radius 2 is 2.05 bits per heavy atom. The maximum absolute atomic E-state index is 12.4. The van der Waals surface area contributed by atoms with Crippen LogP contribution in [0.5, 0.6) is 5.75 Å². The molecule has 2 aromatic rings. The average Bonchev–Trinajstić information content (AvgIpc) is 2.68. The van der Waals surface area contributed by atoms with E-state index in [-0.39, 0.29) is 17.8 Å². The number of nitrogens with zero attached hydrogens (tertiary/aromatic N) is 1. The van der Waals surface area contributed by atoms with Gasteiger partial charge in [-0.25, -0.2) is 4.79 Å². The molecule has 2 N–H and O–H groups in total. The van der Waals surface area contributed by atoms with Gasteiger partial charge in [0.15, 0.2) is 0 Å². The number of aromatic nitrogens is 1. The number of H-pyrrole nitrogens is 1.